The fraction of sp³-hybridized carbons (Fsp3) is 0.478. The minimum absolute atomic E-state index is 0.0799. The Morgan fingerprint density at radius 1 is 0.808 bits per heavy atom. The summed E-state index contributed by atoms with van der Waals surface area (Å²) in [6.07, 6.45) is 2.44. The Bertz CT molecular complexity index is 654. The van der Waals surface area contributed by atoms with Gasteiger partial charge in [0, 0.05) is 5.69 Å². The van der Waals surface area contributed by atoms with Gasteiger partial charge in [0.1, 0.15) is 17.6 Å². The van der Waals surface area contributed by atoms with Crippen LogP contribution in [0.5, 0.6) is 11.5 Å². The maximum atomic E-state index is 6.19. The second-order valence-corrected chi connectivity index (χ2v) is 7.02. The molecule has 0 aliphatic heterocycles. The van der Waals surface area contributed by atoms with Crippen LogP contribution in [0, 0.1) is 0 Å². The van der Waals surface area contributed by atoms with Crippen molar-refractivity contribution < 1.29 is 9.47 Å². The Morgan fingerprint density at radius 2 is 1.50 bits per heavy atom. The highest BCUT2D eigenvalue weighted by atomic mass is 16.5. The van der Waals surface area contributed by atoms with E-state index >= 15 is 0 Å². The molecule has 2 rings (SSSR count). The monoisotopic (exact) mass is 355 g/mol. The molecule has 2 aromatic rings. The first-order valence-corrected chi connectivity index (χ1v) is 9.79. The minimum atomic E-state index is 0.0799. The molecule has 0 saturated heterocycles. The Hall–Kier alpha value is -2.16. The summed E-state index contributed by atoms with van der Waals surface area (Å²) < 4.78 is 12.0. The lowest BCUT2D eigenvalue weighted by Gasteiger charge is -2.21. The molecule has 26 heavy (non-hydrogen) atoms. The molecule has 0 saturated carbocycles. The number of hydrogen-bond acceptors (Lipinski definition) is 3. The highest BCUT2D eigenvalue weighted by Crippen LogP contribution is 2.29. The molecule has 1 N–H and O–H groups in total. The largest absolute Gasteiger partial charge is 0.491 e. The summed E-state index contributed by atoms with van der Waals surface area (Å²) in [6.45, 7) is 11.5. The topological polar surface area (TPSA) is 30.5 Å². The molecule has 0 radical (unpaired) electrons. The Balaban J connectivity index is 1.88. The number of hydrogen-bond donors (Lipinski definition) is 1. The van der Waals surface area contributed by atoms with E-state index in [1.807, 2.05) is 18.2 Å². The smallest absolute Gasteiger partial charge is 0.123 e. The van der Waals surface area contributed by atoms with Gasteiger partial charge >= 0.3 is 0 Å². The summed E-state index contributed by atoms with van der Waals surface area (Å²) in [6, 6.07) is 16.5. The number of benzene rings is 2. The van der Waals surface area contributed by atoms with Gasteiger partial charge in [0.05, 0.1) is 12.6 Å². The van der Waals surface area contributed by atoms with Crippen LogP contribution >= 0.6 is 0 Å². The standard InChI is InChI=1S/C23H33NO2/c1-6-17(3)22-10-8-9-11-23(22)26-19(5)16-24-20-12-14-21(15-13-20)25-18(4)7-2/h8-15,17-19,24H,6-7,16H2,1-5H3. The molecule has 2 aromatic carbocycles. The molecular weight excluding hydrogens is 322 g/mol. The third-order valence-electron chi connectivity index (χ3n) is 4.75. The molecule has 0 aliphatic rings. The van der Waals surface area contributed by atoms with Crippen molar-refractivity contribution in [3.8, 4) is 11.5 Å². The van der Waals surface area contributed by atoms with Gasteiger partial charge in [0.15, 0.2) is 0 Å². The predicted molar refractivity (Wildman–Crippen MR) is 111 cm³/mol. The summed E-state index contributed by atoms with van der Waals surface area (Å²) in [5, 5.41) is 3.44. The van der Waals surface area contributed by atoms with E-state index in [-0.39, 0.29) is 12.2 Å². The third-order valence-corrected chi connectivity index (χ3v) is 4.75. The minimum Gasteiger partial charge on any atom is -0.491 e. The van der Waals surface area contributed by atoms with Crippen LogP contribution < -0.4 is 14.8 Å². The second-order valence-electron chi connectivity index (χ2n) is 7.02. The molecule has 0 spiro atoms. The summed E-state index contributed by atoms with van der Waals surface area (Å²) in [4.78, 5) is 0. The molecule has 142 valence electrons. The van der Waals surface area contributed by atoms with Crippen molar-refractivity contribution >= 4 is 5.69 Å². The zero-order chi connectivity index (χ0) is 18.9. The van der Waals surface area contributed by atoms with Crippen LogP contribution in [0.25, 0.3) is 0 Å². The summed E-state index contributed by atoms with van der Waals surface area (Å²) in [7, 11) is 0. The van der Waals surface area contributed by atoms with E-state index in [1.165, 1.54) is 5.56 Å². The molecule has 3 nitrogen and oxygen atoms in total. The van der Waals surface area contributed by atoms with Crippen molar-refractivity contribution in [1.29, 1.82) is 0 Å². The molecule has 0 heterocycles. The Morgan fingerprint density at radius 3 is 2.15 bits per heavy atom. The summed E-state index contributed by atoms with van der Waals surface area (Å²) >= 11 is 0. The van der Waals surface area contributed by atoms with Gasteiger partial charge in [0.2, 0.25) is 0 Å². The van der Waals surface area contributed by atoms with Gasteiger partial charge in [-0.25, -0.2) is 0 Å². The van der Waals surface area contributed by atoms with E-state index in [0.717, 1.165) is 36.6 Å². The average Bonchev–Trinajstić information content (AvgIpc) is 2.67. The maximum Gasteiger partial charge on any atom is 0.123 e. The van der Waals surface area contributed by atoms with Gasteiger partial charge in [-0.3, -0.25) is 0 Å². The lowest BCUT2D eigenvalue weighted by Crippen LogP contribution is -2.23. The maximum absolute atomic E-state index is 6.19. The first kappa shape index (κ1) is 20.2. The highest BCUT2D eigenvalue weighted by Gasteiger charge is 2.12. The molecular formula is C23H33NO2. The lowest BCUT2D eigenvalue weighted by molar-refractivity contribution is 0.217. The SMILES string of the molecule is CCC(C)Oc1ccc(NCC(C)Oc2ccccc2C(C)CC)cc1. The molecule has 3 unspecified atom stereocenters. The molecule has 0 aromatic heterocycles. The zero-order valence-electron chi connectivity index (χ0n) is 16.8. The van der Waals surface area contributed by atoms with Crippen molar-refractivity contribution in [2.45, 2.75) is 65.6 Å². The summed E-state index contributed by atoms with van der Waals surface area (Å²) in [5.41, 5.74) is 2.36. The molecule has 0 aliphatic carbocycles. The van der Waals surface area contributed by atoms with Gasteiger partial charge in [-0.05, 0) is 68.5 Å². The summed E-state index contributed by atoms with van der Waals surface area (Å²) in [5.74, 6) is 2.41. The number of anilines is 1. The molecule has 0 fully saturated rings. The van der Waals surface area contributed by atoms with E-state index in [2.05, 4.69) is 70.3 Å². The average molecular weight is 356 g/mol. The number of para-hydroxylation sites is 1. The fourth-order valence-corrected chi connectivity index (χ4v) is 2.70. The van der Waals surface area contributed by atoms with Crippen LogP contribution in [0.3, 0.4) is 0 Å². The van der Waals surface area contributed by atoms with Gasteiger partial charge in [-0.1, -0.05) is 39.0 Å². The van der Waals surface area contributed by atoms with Crippen LogP contribution in [0.2, 0.25) is 0 Å². The van der Waals surface area contributed by atoms with E-state index in [9.17, 15) is 0 Å². The van der Waals surface area contributed by atoms with Crippen molar-refractivity contribution in [2.24, 2.45) is 0 Å². The van der Waals surface area contributed by atoms with E-state index in [1.54, 1.807) is 0 Å². The van der Waals surface area contributed by atoms with Gasteiger partial charge in [-0.2, -0.15) is 0 Å². The van der Waals surface area contributed by atoms with Crippen molar-refractivity contribution in [2.75, 3.05) is 11.9 Å². The number of rotatable bonds is 10. The quantitative estimate of drug-likeness (QED) is 0.546. The van der Waals surface area contributed by atoms with E-state index in [4.69, 9.17) is 9.47 Å². The zero-order valence-corrected chi connectivity index (χ0v) is 16.8. The Labute approximate surface area is 158 Å². The lowest BCUT2D eigenvalue weighted by atomic mass is 9.98. The van der Waals surface area contributed by atoms with E-state index in [0.29, 0.717) is 5.92 Å². The van der Waals surface area contributed by atoms with Crippen LogP contribution in [0.1, 0.15) is 58.9 Å². The van der Waals surface area contributed by atoms with Gasteiger partial charge in [-0.15, -0.1) is 0 Å². The highest BCUT2D eigenvalue weighted by molar-refractivity contribution is 5.46. The first-order valence-electron chi connectivity index (χ1n) is 9.79. The fourth-order valence-electron chi connectivity index (χ4n) is 2.70. The van der Waals surface area contributed by atoms with Crippen LogP contribution in [-0.4, -0.2) is 18.8 Å². The predicted octanol–water partition coefficient (Wildman–Crippen LogP) is 6.26. The van der Waals surface area contributed by atoms with Crippen LogP contribution in [0.15, 0.2) is 48.5 Å². The normalized spacial score (nSPS) is 14.3. The van der Waals surface area contributed by atoms with Crippen LogP contribution in [-0.2, 0) is 0 Å². The van der Waals surface area contributed by atoms with Crippen molar-refractivity contribution in [3.63, 3.8) is 0 Å². The van der Waals surface area contributed by atoms with Gasteiger partial charge < -0.3 is 14.8 Å². The molecule has 3 heteroatoms. The van der Waals surface area contributed by atoms with Crippen molar-refractivity contribution in [1.82, 2.24) is 0 Å². The van der Waals surface area contributed by atoms with E-state index < -0.39 is 0 Å². The Kier molecular flexibility index (Phi) is 7.83. The molecule has 0 bridgehead atoms. The molecule has 3 atom stereocenters. The number of ether oxygens (including phenoxy) is 2. The second kappa shape index (κ2) is 10.1. The first-order chi connectivity index (χ1) is 12.5. The van der Waals surface area contributed by atoms with Gasteiger partial charge in [0.25, 0.3) is 0 Å². The number of nitrogens with one attached hydrogen (secondary N) is 1. The molecule has 0 amide bonds. The third kappa shape index (κ3) is 5.98. The van der Waals surface area contributed by atoms with Crippen LogP contribution in [0.4, 0.5) is 5.69 Å². The van der Waals surface area contributed by atoms with Crippen molar-refractivity contribution in [3.05, 3.63) is 54.1 Å².